The first kappa shape index (κ1) is 20.9. The second-order valence-electron chi connectivity index (χ2n) is 6.39. The summed E-state index contributed by atoms with van der Waals surface area (Å²) in [7, 11) is -0.202. The van der Waals surface area contributed by atoms with Crippen molar-refractivity contribution in [1.82, 2.24) is 4.72 Å². The summed E-state index contributed by atoms with van der Waals surface area (Å²) < 4.78 is 26.9. The van der Waals surface area contributed by atoms with E-state index in [-0.39, 0.29) is 6.54 Å². The van der Waals surface area contributed by atoms with Crippen molar-refractivity contribution in [2.75, 3.05) is 32.1 Å². The molecule has 0 fully saturated rings. The normalized spacial score (nSPS) is 13.8. The fourth-order valence-electron chi connectivity index (χ4n) is 2.56. The minimum Gasteiger partial charge on any atom is -0.394 e. The summed E-state index contributed by atoms with van der Waals surface area (Å²) in [6, 6.07) is 13.1. The van der Waals surface area contributed by atoms with Crippen LogP contribution in [-0.4, -0.2) is 52.0 Å². The second-order valence-corrected chi connectivity index (χ2v) is 8.10. The van der Waals surface area contributed by atoms with E-state index in [4.69, 9.17) is 5.11 Å². The average molecular weight is 389 g/mol. The van der Waals surface area contributed by atoms with Gasteiger partial charge < -0.3 is 15.1 Å². The minimum atomic E-state index is -4.11. The maximum absolute atomic E-state index is 12.4. The van der Waals surface area contributed by atoms with E-state index in [9.17, 15) is 18.8 Å². The van der Waals surface area contributed by atoms with Gasteiger partial charge >= 0.3 is 0 Å². The average Bonchev–Trinajstić information content (AvgIpc) is 2.65. The Balaban J connectivity index is 2.44. The number of hydrogen-bond acceptors (Lipinski definition) is 6. The molecule has 1 atom stereocenters. The van der Waals surface area contributed by atoms with Crippen LogP contribution in [0.4, 0.5) is 5.69 Å². The maximum atomic E-state index is 12.4. The fraction of sp³-hybridized carbons (Fsp3) is 0.316. The molecule has 0 bridgehead atoms. The van der Waals surface area contributed by atoms with Gasteiger partial charge in [-0.05, 0) is 47.0 Å². The van der Waals surface area contributed by atoms with Crippen molar-refractivity contribution in [3.8, 4) is 6.07 Å². The van der Waals surface area contributed by atoms with Crippen molar-refractivity contribution >= 4 is 32.1 Å². The maximum Gasteiger partial charge on any atom is 0.251 e. The van der Waals surface area contributed by atoms with Crippen LogP contribution in [0.1, 0.15) is 12.5 Å². The molecule has 0 radical (unpaired) electrons. The molecule has 2 aromatic carbocycles. The van der Waals surface area contributed by atoms with Crippen LogP contribution < -0.4 is 9.62 Å². The Morgan fingerprint density at radius 2 is 1.85 bits per heavy atom. The number of nitriles is 1. The molecule has 144 valence electrons. The molecular weight excluding hydrogens is 366 g/mol. The zero-order chi connectivity index (χ0) is 20.2. The third-order valence-electron chi connectivity index (χ3n) is 4.20. The third kappa shape index (κ3) is 4.84. The lowest BCUT2D eigenvalue weighted by atomic mass is 10.0. The van der Waals surface area contributed by atoms with E-state index in [1.807, 2.05) is 49.3 Å². The first-order valence-corrected chi connectivity index (χ1v) is 9.79. The van der Waals surface area contributed by atoms with E-state index in [2.05, 4.69) is 4.72 Å². The molecule has 0 aromatic heterocycles. The summed E-state index contributed by atoms with van der Waals surface area (Å²) in [5.74, 6) is 0. The predicted octanol–water partition coefficient (Wildman–Crippen LogP) is 1.43. The highest BCUT2D eigenvalue weighted by Crippen LogP contribution is 2.27. The van der Waals surface area contributed by atoms with Gasteiger partial charge in [0.05, 0.1) is 12.7 Å². The Kier molecular flexibility index (Phi) is 6.57. The topological polar surface area (TPSA) is 114 Å². The van der Waals surface area contributed by atoms with Gasteiger partial charge in [0.15, 0.2) is 4.91 Å². The summed E-state index contributed by atoms with van der Waals surface area (Å²) in [4.78, 5) is 1.57. The second kappa shape index (κ2) is 8.50. The Morgan fingerprint density at radius 1 is 1.22 bits per heavy atom. The number of nitrogens with zero attached hydrogens (tertiary/aromatic N) is 2. The van der Waals surface area contributed by atoms with E-state index in [1.54, 1.807) is 19.1 Å². The molecule has 0 heterocycles. The van der Waals surface area contributed by atoms with Gasteiger partial charge in [0.2, 0.25) is 0 Å². The van der Waals surface area contributed by atoms with E-state index in [0.29, 0.717) is 11.1 Å². The summed E-state index contributed by atoms with van der Waals surface area (Å²) in [6.45, 7) is 0.616. The Labute approximate surface area is 159 Å². The number of benzene rings is 2. The molecule has 0 aliphatic carbocycles. The lowest BCUT2D eigenvalue weighted by Gasteiger charge is -2.14. The Morgan fingerprint density at radius 3 is 2.44 bits per heavy atom. The van der Waals surface area contributed by atoms with Crippen molar-refractivity contribution in [1.29, 1.82) is 5.26 Å². The van der Waals surface area contributed by atoms with Crippen LogP contribution in [-0.2, 0) is 10.0 Å². The monoisotopic (exact) mass is 389 g/mol. The minimum absolute atomic E-state index is 0.307. The van der Waals surface area contributed by atoms with Crippen LogP contribution in [0.15, 0.2) is 41.3 Å². The molecule has 1 unspecified atom stereocenters. The van der Waals surface area contributed by atoms with Crippen molar-refractivity contribution in [3.05, 3.63) is 46.9 Å². The van der Waals surface area contributed by atoms with Crippen LogP contribution >= 0.6 is 0 Å². The summed E-state index contributed by atoms with van der Waals surface area (Å²) in [6.07, 6.45) is -1.23. The quantitative estimate of drug-likeness (QED) is 0.618. The number of nitrogens with one attached hydrogen (secondary N) is 1. The van der Waals surface area contributed by atoms with E-state index in [1.165, 1.54) is 0 Å². The number of aliphatic hydroxyl groups excluding tert-OH is 2. The number of rotatable bonds is 7. The number of aliphatic hydroxyl groups is 2. The molecule has 3 N–H and O–H groups in total. The lowest BCUT2D eigenvalue weighted by Crippen LogP contribution is -2.34. The van der Waals surface area contributed by atoms with Crippen molar-refractivity contribution in [2.45, 2.75) is 13.0 Å². The van der Waals surface area contributed by atoms with Crippen LogP contribution in [0.25, 0.3) is 16.3 Å². The third-order valence-corrected chi connectivity index (χ3v) is 5.69. The molecule has 0 spiro atoms. The molecule has 0 saturated heterocycles. The number of anilines is 1. The molecule has 0 aliphatic heterocycles. The molecule has 0 aliphatic rings. The first-order valence-electron chi connectivity index (χ1n) is 8.30. The standard InChI is InChI=1S/C19H23N3O4S/c1-13(19(10-20)27(25,26)21-11-18(24)12-23)14-4-5-16-9-17(22(2)3)7-6-15(16)8-14/h4-9,18,21,23-24H,11-12H2,1-3H3. The SMILES string of the molecule is CC(=C(C#N)S(=O)(=O)NCC(O)CO)c1ccc2cc(N(C)C)ccc2c1. The largest absolute Gasteiger partial charge is 0.394 e. The van der Waals surface area contributed by atoms with Gasteiger partial charge in [0.1, 0.15) is 6.07 Å². The molecule has 0 saturated carbocycles. The predicted molar refractivity (Wildman–Crippen MR) is 106 cm³/mol. The Bertz CT molecular complexity index is 1010. The molecule has 7 nitrogen and oxygen atoms in total. The van der Waals surface area contributed by atoms with E-state index < -0.39 is 27.6 Å². The first-order chi connectivity index (χ1) is 12.7. The fourth-order valence-corrected chi connectivity index (χ4v) is 3.76. The number of allylic oxidation sites excluding steroid dienone is 2. The van der Waals surface area contributed by atoms with Crippen LogP contribution in [0.2, 0.25) is 0 Å². The van der Waals surface area contributed by atoms with Gasteiger partial charge in [-0.25, -0.2) is 13.1 Å². The molecule has 2 aromatic rings. The van der Waals surface area contributed by atoms with Gasteiger partial charge in [-0.15, -0.1) is 0 Å². The van der Waals surface area contributed by atoms with Crippen LogP contribution in [0.3, 0.4) is 0 Å². The molecule has 8 heteroatoms. The molecular formula is C19H23N3O4S. The summed E-state index contributed by atoms with van der Waals surface area (Å²) in [5.41, 5.74) is 1.97. The van der Waals surface area contributed by atoms with Gasteiger partial charge in [-0.3, -0.25) is 0 Å². The highest BCUT2D eigenvalue weighted by molar-refractivity contribution is 7.93. The zero-order valence-corrected chi connectivity index (χ0v) is 16.3. The van der Waals surface area contributed by atoms with Gasteiger partial charge in [-0.1, -0.05) is 18.2 Å². The van der Waals surface area contributed by atoms with Crippen LogP contribution in [0.5, 0.6) is 0 Å². The number of fused-ring (bicyclic) bond motifs is 1. The van der Waals surface area contributed by atoms with E-state index >= 15 is 0 Å². The van der Waals surface area contributed by atoms with Gasteiger partial charge in [0.25, 0.3) is 10.0 Å². The van der Waals surface area contributed by atoms with E-state index in [0.717, 1.165) is 16.5 Å². The zero-order valence-electron chi connectivity index (χ0n) is 15.5. The number of hydrogen-bond donors (Lipinski definition) is 3. The molecule has 0 amide bonds. The lowest BCUT2D eigenvalue weighted by molar-refractivity contribution is 0.0989. The van der Waals surface area contributed by atoms with Gasteiger partial charge in [-0.2, -0.15) is 5.26 Å². The van der Waals surface area contributed by atoms with Gasteiger partial charge in [0, 0.05) is 26.3 Å². The summed E-state index contributed by atoms with van der Waals surface area (Å²) in [5, 5.41) is 29.4. The molecule has 27 heavy (non-hydrogen) atoms. The smallest absolute Gasteiger partial charge is 0.251 e. The Hall–Kier alpha value is -2.44. The molecule has 2 rings (SSSR count). The number of sulfonamides is 1. The van der Waals surface area contributed by atoms with Crippen molar-refractivity contribution in [2.24, 2.45) is 0 Å². The van der Waals surface area contributed by atoms with Crippen molar-refractivity contribution in [3.63, 3.8) is 0 Å². The summed E-state index contributed by atoms with van der Waals surface area (Å²) >= 11 is 0. The highest BCUT2D eigenvalue weighted by Gasteiger charge is 2.22. The van der Waals surface area contributed by atoms with Crippen molar-refractivity contribution < 1.29 is 18.6 Å². The van der Waals surface area contributed by atoms with Crippen LogP contribution in [0, 0.1) is 11.3 Å². The highest BCUT2D eigenvalue weighted by atomic mass is 32.2.